The lowest BCUT2D eigenvalue weighted by atomic mass is 9.81. The second-order valence-corrected chi connectivity index (χ2v) is 7.95. The van der Waals surface area contributed by atoms with Crippen LogP contribution in [0.2, 0.25) is 0 Å². The van der Waals surface area contributed by atoms with Crippen LogP contribution in [0.25, 0.3) is 0 Å². The minimum atomic E-state index is -3.91. The molecule has 1 aromatic rings. The van der Waals surface area contributed by atoms with Gasteiger partial charge in [-0.2, -0.15) is 13.1 Å². The van der Waals surface area contributed by atoms with Crippen LogP contribution >= 0.6 is 0 Å². The van der Waals surface area contributed by atoms with Crippen LogP contribution in [0, 0.1) is 5.41 Å². The smallest absolute Gasteiger partial charge is 0.387 e. The van der Waals surface area contributed by atoms with Gasteiger partial charge in [-0.05, 0) is 24.0 Å². The Morgan fingerprint density at radius 2 is 2.00 bits per heavy atom. The number of rotatable bonds is 4. The van der Waals surface area contributed by atoms with E-state index in [1.807, 2.05) is 13.8 Å². The highest BCUT2D eigenvalue weighted by Gasteiger charge is 2.39. The van der Waals surface area contributed by atoms with E-state index in [9.17, 15) is 17.2 Å². The van der Waals surface area contributed by atoms with Crippen LogP contribution in [-0.2, 0) is 10.0 Å². The summed E-state index contributed by atoms with van der Waals surface area (Å²) in [7, 11) is -3.91. The van der Waals surface area contributed by atoms with Crippen molar-refractivity contribution in [2.75, 3.05) is 13.1 Å². The second kappa shape index (κ2) is 6.10. The monoisotopic (exact) mass is 334 g/mol. The Labute approximate surface area is 129 Å². The predicted octanol–water partition coefficient (Wildman–Crippen LogP) is 2.04. The Bertz CT molecular complexity index is 635. The standard InChI is InChI=1S/C14H20F2N2O3S/c1-14(2)9-18(8-7-12(14)17)22(19,20)11-6-4-3-5-10(11)21-13(15)16/h3-6,12-13H,7-9,17H2,1-2H3. The summed E-state index contributed by atoms with van der Waals surface area (Å²) in [4.78, 5) is -0.249. The number of ether oxygens (including phenoxy) is 1. The van der Waals surface area contributed by atoms with Gasteiger partial charge >= 0.3 is 6.61 Å². The summed E-state index contributed by atoms with van der Waals surface area (Å²) in [6.07, 6.45) is 0.518. The fourth-order valence-corrected chi connectivity index (χ4v) is 4.27. The second-order valence-electron chi connectivity index (χ2n) is 6.05. The van der Waals surface area contributed by atoms with E-state index < -0.39 is 16.6 Å². The minimum absolute atomic E-state index is 0.105. The van der Waals surface area contributed by atoms with Crippen molar-refractivity contribution >= 4 is 10.0 Å². The average molecular weight is 334 g/mol. The van der Waals surface area contributed by atoms with E-state index in [1.165, 1.54) is 28.6 Å². The quantitative estimate of drug-likeness (QED) is 0.914. The van der Waals surface area contributed by atoms with Gasteiger partial charge in [0.1, 0.15) is 10.6 Å². The molecule has 1 unspecified atom stereocenters. The van der Waals surface area contributed by atoms with Crippen molar-refractivity contribution in [3.63, 3.8) is 0 Å². The van der Waals surface area contributed by atoms with E-state index in [2.05, 4.69) is 4.74 Å². The molecule has 2 N–H and O–H groups in total. The Kier molecular flexibility index (Phi) is 4.74. The van der Waals surface area contributed by atoms with E-state index in [4.69, 9.17) is 5.73 Å². The molecule has 0 saturated carbocycles. The highest BCUT2D eigenvalue weighted by Crippen LogP contribution is 2.34. The van der Waals surface area contributed by atoms with Crippen LogP contribution in [0.15, 0.2) is 29.2 Å². The molecule has 0 aromatic heterocycles. The maximum absolute atomic E-state index is 12.7. The Morgan fingerprint density at radius 1 is 1.36 bits per heavy atom. The molecule has 1 atom stereocenters. The van der Waals surface area contributed by atoms with Crippen molar-refractivity contribution < 1.29 is 21.9 Å². The Morgan fingerprint density at radius 3 is 2.59 bits per heavy atom. The zero-order valence-corrected chi connectivity index (χ0v) is 13.3. The van der Waals surface area contributed by atoms with Gasteiger partial charge in [-0.1, -0.05) is 26.0 Å². The highest BCUT2D eigenvalue weighted by atomic mass is 32.2. The Balaban J connectivity index is 2.35. The SMILES string of the molecule is CC1(C)CN(S(=O)(=O)c2ccccc2OC(F)F)CCC1N. The first-order valence-electron chi connectivity index (χ1n) is 6.94. The normalized spacial score (nSPS) is 22.7. The largest absolute Gasteiger partial charge is 0.433 e. The maximum Gasteiger partial charge on any atom is 0.387 e. The van der Waals surface area contributed by atoms with Gasteiger partial charge in [0.25, 0.3) is 0 Å². The zero-order chi connectivity index (χ0) is 16.5. The molecule has 2 rings (SSSR count). The molecule has 5 nitrogen and oxygen atoms in total. The lowest BCUT2D eigenvalue weighted by Gasteiger charge is -2.41. The minimum Gasteiger partial charge on any atom is -0.433 e. The molecule has 0 radical (unpaired) electrons. The van der Waals surface area contributed by atoms with Gasteiger partial charge in [-0.3, -0.25) is 0 Å². The van der Waals surface area contributed by atoms with Gasteiger partial charge < -0.3 is 10.5 Å². The molecule has 124 valence electrons. The molecular formula is C14H20F2N2O3S. The fraction of sp³-hybridized carbons (Fsp3) is 0.571. The van der Waals surface area contributed by atoms with Crippen molar-refractivity contribution in [3.8, 4) is 5.75 Å². The van der Waals surface area contributed by atoms with Gasteiger partial charge in [0, 0.05) is 19.1 Å². The summed E-state index contributed by atoms with van der Waals surface area (Å²) in [5.41, 5.74) is 5.62. The van der Waals surface area contributed by atoms with E-state index >= 15 is 0 Å². The van der Waals surface area contributed by atoms with Crippen LogP contribution < -0.4 is 10.5 Å². The average Bonchev–Trinajstić information content (AvgIpc) is 2.41. The number of nitrogens with zero attached hydrogens (tertiary/aromatic N) is 1. The number of piperidine rings is 1. The number of hydrogen-bond donors (Lipinski definition) is 1. The molecule has 8 heteroatoms. The summed E-state index contributed by atoms with van der Waals surface area (Å²) in [5, 5.41) is 0. The number of sulfonamides is 1. The Hall–Kier alpha value is -1.25. The van der Waals surface area contributed by atoms with Crippen molar-refractivity contribution in [3.05, 3.63) is 24.3 Å². The van der Waals surface area contributed by atoms with Crippen LogP contribution in [0.4, 0.5) is 8.78 Å². The molecule has 1 aromatic carbocycles. The fourth-order valence-electron chi connectivity index (χ4n) is 2.53. The molecule has 1 aliphatic rings. The molecule has 0 aliphatic carbocycles. The third kappa shape index (κ3) is 3.39. The third-order valence-electron chi connectivity index (χ3n) is 3.96. The maximum atomic E-state index is 12.7. The van der Waals surface area contributed by atoms with Crippen molar-refractivity contribution in [2.45, 2.75) is 37.8 Å². The molecule has 1 heterocycles. The number of benzene rings is 1. The van der Waals surface area contributed by atoms with Gasteiger partial charge in [0.05, 0.1) is 0 Å². The lowest BCUT2D eigenvalue weighted by molar-refractivity contribution is -0.0518. The molecular weight excluding hydrogens is 314 g/mol. The van der Waals surface area contributed by atoms with E-state index in [1.54, 1.807) is 0 Å². The number of nitrogens with two attached hydrogens (primary N) is 1. The number of para-hydroxylation sites is 1. The van der Waals surface area contributed by atoms with Gasteiger partial charge in [0.2, 0.25) is 10.0 Å². The molecule has 1 fully saturated rings. The third-order valence-corrected chi connectivity index (χ3v) is 5.84. The number of halogens is 2. The summed E-state index contributed by atoms with van der Waals surface area (Å²) in [5.74, 6) is -0.342. The van der Waals surface area contributed by atoms with Gasteiger partial charge in [-0.15, -0.1) is 0 Å². The summed E-state index contributed by atoms with van der Waals surface area (Å²) in [6.45, 7) is 1.19. The molecule has 0 amide bonds. The molecule has 0 spiro atoms. The van der Waals surface area contributed by atoms with E-state index in [0.717, 1.165) is 0 Å². The van der Waals surface area contributed by atoms with Crippen molar-refractivity contribution in [1.29, 1.82) is 0 Å². The van der Waals surface area contributed by atoms with Crippen molar-refractivity contribution in [1.82, 2.24) is 4.31 Å². The molecule has 22 heavy (non-hydrogen) atoms. The first-order valence-corrected chi connectivity index (χ1v) is 8.38. The lowest BCUT2D eigenvalue weighted by Crippen LogP contribution is -2.53. The van der Waals surface area contributed by atoms with Crippen LogP contribution in [0.1, 0.15) is 20.3 Å². The molecule has 0 bridgehead atoms. The first-order chi connectivity index (χ1) is 10.1. The van der Waals surface area contributed by atoms with Crippen LogP contribution in [0.5, 0.6) is 5.75 Å². The zero-order valence-electron chi connectivity index (χ0n) is 12.5. The van der Waals surface area contributed by atoms with Gasteiger partial charge in [-0.25, -0.2) is 8.42 Å². The highest BCUT2D eigenvalue weighted by molar-refractivity contribution is 7.89. The summed E-state index contributed by atoms with van der Waals surface area (Å²) in [6, 6.07) is 5.32. The molecule has 1 saturated heterocycles. The number of alkyl halides is 2. The topological polar surface area (TPSA) is 72.6 Å². The van der Waals surface area contributed by atoms with E-state index in [0.29, 0.717) is 6.42 Å². The number of hydrogen-bond acceptors (Lipinski definition) is 4. The van der Waals surface area contributed by atoms with Crippen molar-refractivity contribution in [2.24, 2.45) is 11.1 Å². The van der Waals surface area contributed by atoms with Gasteiger partial charge in [0.15, 0.2) is 0 Å². The summed E-state index contributed by atoms with van der Waals surface area (Å²) >= 11 is 0. The van der Waals surface area contributed by atoms with E-state index in [-0.39, 0.29) is 35.2 Å². The van der Waals surface area contributed by atoms with Crippen LogP contribution in [0.3, 0.4) is 0 Å². The first kappa shape index (κ1) is 17.1. The predicted molar refractivity (Wildman–Crippen MR) is 78.2 cm³/mol. The summed E-state index contributed by atoms with van der Waals surface area (Å²) < 4.78 is 56.0. The molecule has 1 aliphatic heterocycles. The van der Waals surface area contributed by atoms with Crippen LogP contribution in [-0.4, -0.2) is 38.5 Å².